The fourth-order valence-corrected chi connectivity index (χ4v) is 2.00. The van der Waals surface area contributed by atoms with Gasteiger partial charge in [-0.3, -0.25) is 0 Å². The third-order valence-corrected chi connectivity index (χ3v) is 3.29. The second-order valence-corrected chi connectivity index (χ2v) is 5.10. The minimum atomic E-state index is 0.443. The molecule has 0 aliphatic rings. The first-order chi connectivity index (χ1) is 8.58. The standard InChI is InChI=1S/C12H9BrCl2N2O/c1-2-11-16-10(13)6-12(17-11)18-7-3-4-8(14)9(15)5-7/h3-6H,2H2,1H3. The summed E-state index contributed by atoms with van der Waals surface area (Å²) in [6.45, 7) is 1.98. The first-order valence-electron chi connectivity index (χ1n) is 5.25. The van der Waals surface area contributed by atoms with E-state index in [1.807, 2.05) is 6.92 Å². The zero-order valence-electron chi connectivity index (χ0n) is 9.45. The lowest BCUT2D eigenvalue weighted by Gasteiger charge is -2.07. The number of halogens is 3. The molecule has 0 fully saturated rings. The van der Waals surface area contributed by atoms with Gasteiger partial charge in [0.2, 0.25) is 5.88 Å². The molecule has 0 amide bonds. The van der Waals surface area contributed by atoms with E-state index in [2.05, 4.69) is 25.9 Å². The molecule has 94 valence electrons. The minimum Gasteiger partial charge on any atom is -0.439 e. The van der Waals surface area contributed by atoms with Crippen LogP contribution in [0.25, 0.3) is 0 Å². The number of rotatable bonds is 3. The summed E-state index contributed by atoms with van der Waals surface area (Å²) in [5.41, 5.74) is 0. The van der Waals surface area contributed by atoms with Gasteiger partial charge in [-0.05, 0) is 28.1 Å². The molecule has 1 aromatic heterocycles. The Morgan fingerprint density at radius 1 is 1.17 bits per heavy atom. The lowest BCUT2D eigenvalue weighted by molar-refractivity contribution is 0.458. The Morgan fingerprint density at radius 2 is 1.94 bits per heavy atom. The number of ether oxygens (including phenoxy) is 1. The number of benzene rings is 1. The van der Waals surface area contributed by atoms with E-state index in [9.17, 15) is 0 Å². The van der Waals surface area contributed by atoms with Crippen molar-refractivity contribution in [2.24, 2.45) is 0 Å². The third kappa shape index (κ3) is 3.34. The van der Waals surface area contributed by atoms with E-state index < -0.39 is 0 Å². The van der Waals surface area contributed by atoms with Gasteiger partial charge in [-0.15, -0.1) is 0 Å². The zero-order valence-corrected chi connectivity index (χ0v) is 12.6. The average Bonchev–Trinajstić information content (AvgIpc) is 2.33. The highest BCUT2D eigenvalue weighted by Gasteiger charge is 2.06. The molecule has 0 aliphatic carbocycles. The Balaban J connectivity index is 2.27. The van der Waals surface area contributed by atoms with Crippen LogP contribution in [0.1, 0.15) is 12.7 Å². The largest absolute Gasteiger partial charge is 0.439 e. The van der Waals surface area contributed by atoms with Crippen LogP contribution in [0.4, 0.5) is 0 Å². The molecule has 3 nitrogen and oxygen atoms in total. The van der Waals surface area contributed by atoms with E-state index in [1.54, 1.807) is 24.3 Å². The van der Waals surface area contributed by atoms with Gasteiger partial charge in [0.1, 0.15) is 16.2 Å². The lowest BCUT2D eigenvalue weighted by atomic mass is 10.3. The summed E-state index contributed by atoms with van der Waals surface area (Å²) in [6, 6.07) is 6.75. The maximum atomic E-state index is 5.92. The van der Waals surface area contributed by atoms with Crippen LogP contribution < -0.4 is 4.74 Å². The fraction of sp³-hybridized carbons (Fsp3) is 0.167. The summed E-state index contributed by atoms with van der Waals surface area (Å²) in [7, 11) is 0. The number of nitrogens with zero attached hydrogens (tertiary/aromatic N) is 2. The number of hydrogen-bond acceptors (Lipinski definition) is 3. The van der Waals surface area contributed by atoms with E-state index in [1.165, 1.54) is 0 Å². The van der Waals surface area contributed by atoms with E-state index in [0.29, 0.717) is 32.1 Å². The molecule has 1 aromatic carbocycles. The maximum Gasteiger partial charge on any atom is 0.223 e. The number of hydrogen-bond donors (Lipinski definition) is 0. The van der Waals surface area contributed by atoms with Gasteiger partial charge < -0.3 is 4.74 Å². The van der Waals surface area contributed by atoms with E-state index in [4.69, 9.17) is 27.9 Å². The van der Waals surface area contributed by atoms with Crippen molar-refractivity contribution in [3.63, 3.8) is 0 Å². The second-order valence-electron chi connectivity index (χ2n) is 3.48. The van der Waals surface area contributed by atoms with Crippen molar-refractivity contribution in [3.8, 4) is 11.6 Å². The second kappa shape index (κ2) is 5.87. The number of aryl methyl sites for hydroxylation is 1. The van der Waals surface area contributed by atoms with Gasteiger partial charge >= 0.3 is 0 Å². The van der Waals surface area contributed by atoms with Crippen LogP contribution in [0.15, 0.2) is 28.9 Å². The van der Waals surface area contributed by atoms with Gasteiger partial charge in [-0.1, -0.05) is 30.1 Å². The molecule has 2 aromatic rings. The minimum absolute atomic E-state index is 0.443. The van der Waals surface area contributed by atoms with Gasteiger partial charge in [0.15, 0.2) is 0 Å². The van der Waals surface area contributed by atoms with Gasteiger partial charge in [-0.2, -0.15) is 4.98 Å². The smallest absolute Gasteiger partial charge is 0.223 e. The van der Waals surface area contributed by atoms with Gasteiger partial charge in [0.25, 0.3) is 0 Å². The molecule has 0 N–H and O–H groups in total. The predicted molar refractivity (Wildman–Crippen MR) is 75.6 cm³/mol. The Morgan fingerprint density at radius 3 is 2.61 bits per heavy atom. The molecule has 0 saturated carbocycles. The van der Waals surface area contributed by atoms with Crippen molar-refractivity contribution in [3.05, 3.63) is 44.7 Å². The summed E-state index contributed by atoms with van der Waals surface area (Å²) in [6.07, 6.45) is 0.733. The molecular formula is C12H9BrCl2N2O. The highest BCUT2D eigenvalue weighted by Crippen LogP contribution is 2.29. The van der Waals surface area contributed by atoms with Crippen LogP contribution in [0.5, 0.6) is 11.6 Å². The van der Waals surface area contributed by atoms with E-state index >= 15 is 0 Å². The Hall–Kier alpha value is -0.840. The monoisotopic (exact) mass is 346 g/mol. The zero-order chi connectivity index (χ0) is 13.1. The van der Waals surface area contributed by atoms with Crippen molar-refractivity contribution in [2.45, 2.75) is 13.3 Å². The SMILES string of the molecule is CCc1nc(Br)cc(Oc2ccc(Cl)c(Cl)c2)n1. The van der Waals surface area contributed by atoms with Crippen molar-refractivity contribution < 1.29 is 4.74 Å². The third-order valence-electron chi connectivity index (χ3n) is 2.15. The molecule has 0 unspecified atom stereocenters. The highest BCUT2D eigenvalue weighted by atomic mass is 79.9. The molecule has 0 radical (unpaired) electrons. The molecule has 0 saturated heterocycles. The van der Waals surface area contributed by atoms with Crippen LogP contribution in [-0.2, 0) is 6.42 Å². The molecule has 0 aliphatic heterocycles. The molecule has 2 rings (SSSR count). The summed E-state index contributed by atoms with van der Waals surface area (Å²) in [5, 5.41) is 0.931. The topological polar surface area (TPSA) is 35.0 Å². The number of aromatic nitrogens is 2. The molecule has 18 heavy (non-hydrogen) atoms. The van der Waals surface area contributed by atoms with Gasteiger partial charge in [0, 0.05) is 18.6 Å². The molecular weight excluding hydrogens is 339 g/mol. The van der Waals surface area contributed by atoms with Crippen LogP contribution in [0.2, 0.25) is 10.0 Å². The first kappa shape index (κ1) is 13.6. The molecule has 0 atom stereocenters. The summed E-state index contributed by atoms with van der Waals surface area (Å²) < 4.78 is 6.30. The van der Waals surface area contributed by atoms with Crippen molar-refractivity contribution in [1.82, 2.24) is 9.97 Å². The Labute approximate surface area is 123 Å². The maximum absolute atomic E-state index is 5.92. The average molecular weight is 348 g/mol. The summed E-state index contributed by atoms with van der Waals surface area (Å²) in [5.74, 6) is 1.75. The lowest BCUT2D eigenvalue weighted by Crippen LogP contribution is -1.96. The van der Waals surface area contributed by atoms with E-state index in [0.717, 1.165) is 6.42 Å². The summed E-state index contributed by atoms with van der Waals surface area (Å²) >= 11 is 15.1. The fourth-order valence-electron chi connectivity index (χ4n) is 1.31. The Kier molecular flexibility index (Phi) is 4.43. The molecule has 0 spiro atoms. The molecule has 6 heteroatoms. The van der Waals surface area contributed by atoms with Crippen molar-refractivity contribution in [2.75, 3.05) is 0 Å². The quantitative estimate of drug-likeness (QED) is 0.740. The van der Waals surface area contributed by atoms with Crippen molar-refractivity contribution >= 4 is 39.1 Å². The molecule has 0 bridgehead atoms. The first-order valence-corrected chi connectivity index (χ1v) is 6.79. The van der Waals surface area contributed by atoms with Crippen LogP contribution in [0, 0.1) is 0 Å². The highest BCUT2D eigenvalue weighted by molar-refractivity contribution is 9.10. The normalized spacial score (nSPS) is 10.4. The molecule has 1 heterocycles. The summed E-state index contributed by atoms with van der Waals surface area (Å²) in [4.78, 5) is 8.46. The van der Waals surface area contributed by atoms with Crippen LogP contribution in [-0.4, -0.2) is 9.97 Å². The van der Waals surface area contributed by atoms with Gasteiger partial charge in [-0.25, -0.2) is 4.98 Å². The predicted octanol–water partition coefficient (Wildman–Crippen LogP) is 4.90. The van der Waals surface area contributed by atoms with E-state index in [-0.39, 0.29) is 0 Å². The van der Waals surface area contributed by atoms with Gasteiger partial charge in [0.05, 0.1) is 10.0 Å². The Bertz CT molecular complexity index is 578. The van der Waals surface area contributed by atoms with Crippen molar-refractivity contribution in [1.29, 1.82) is 0 Å². The van der Waals surface area contributed by atoms with Crippen LogP contribution in [0.3, 0.4) is 0 Å². The van der Waals surface area contributed by atoms with Crippen LogP contribution >= 0.6 is 39.1 Å².